The number of hydrogen-bond donors (Lipinski definition) is 1. The molecule has 4 aliphatic heterocycles. The summed E-state index contributed by atoms with van der Waals surface area (Å²) < 4.78 is 18.9. The van der Waals surface area contributed by atoms with Gasteiger partial charge >= 0.3 is 0 Å². The molecule has 8 rings (SSSR count). The monoisotopic (exact) mass is 545 g/mol. The van der Waals surface area contributed by atoms with Gasteiger partial charge in [0.1, 0.15) is 18.0 Å². The van der Waals surface area contributed by atoms with Crippen molar-refractivity contribution in [1.82, 2.24) is 10.1 Å². The molecule has 202 valence electrons. The van der Waals surface area contributed by atoms with Crippen LogP contribution in [0.3, 0.4) is 0 Å². The molecule has 0 amide bonds. The molecule has 7 nitrogen and oxygen atoms in total. The van der Waals surface area contributed by atoms with Crippen LogP contribution in [0.1, 0.15) is 41.2 Å². The Morgan fingerprint density at radius 1 is 0.949 bits per heavy atom. The summed E-state index contributed by atoms with van der Waals surface area (Å²) in [6.45, 7) is 4.44. The van der Waals surface area contributed by atoms with Crippen molar-refractivity contribution >= 4 is 0 Å². The quantitative estimate of drug-likeness (QED) is 0.355. The van der Waals surface area contributed by atoms with E-state index in [9.17, 15) is 5.11 Å². The van der Waals surface area contributed by atoms with E-state index in [1.54, 1.807) is 0 Å². The zero-order valence-corrected chi connectivity index (χ0v) is 22.5. The second-order valence-electron chi connectivity index (χ2n) is 10.9. The van der Waals surface area contributed by atoms with E-state index in [-0.39, 0.29) is 24.3 Å². The molecule has 1 aromatic heterocycles. The fourth-order valence-electron chi connectivity index (χ4n) is 6.52. The highest BCUT2D eigenvalue weighted by atomic mass is 35.5. The van der Waals surface area contributed by atoms with Crippen LogP contribution in [0.2, 0.25) is 0 Å². The number of quaternary nitrogens is 1. The van der Waals surface area contributed by atoms with E-state index in [0.717, 1.165) is 61.5 Å². The van der Waals surface area contributed by atoms with E-state index >= 15 is 0 Å². The lowest BCUT2D eigenvalue weighted by Gasteiger charge is -2.51. The highest BCUT2D eigenvalue weighted by Gasteiger charge is 2.48. The van der Waals surface area contributed by atoms with Gasteiger partial charge in [0, 0.05) is 30.7 Å². The van der Waals surface area contributed by atoms with E-state index in [4.69, 9.17) is 19.0 Å². The van der Waals surface area contributed by atoms with E-state index in [2.05, 4.69) is 11.2 Å². The van der Waals surface area contributed by atoms with Crippen LogP contribution in [0.15, 0.2) is 83.4 Å². The molecule has 1 N–H and O–H groups in total. The van der Waals surface area contributed by atoms with E-state index in [1.165, 1.54) is 5.56 Å². The standard InChI is InChI=1S/C31H32N3O4.ClH/c35-31(24-7-3-1-4-8-24,25-9-5-2-6-10-25)30-32-29(38-33-30)21-34-16-13-22(14-17-34)28(20-34)37-26-11-12-27-23(19-26)15-18-36-27;/h1-12,19,22,28,35H,13-18,20-21H2;1H/q+1;/p-1/t22?,28-,34?;/m0./s1. The molecule has 1 atom stereocenters. The average molecular weight is 546 g/mol. The first-order valence-corrected chi connectivity index (χ1v) is 13.6. The molecule has 3 saturated heterocycles. The molecular weight excluding hydrogens is 514 g/mol. The largest absolute Gasteiger partial charge is 1.00 e. The second kappa shape index (κ2) is 10.3. The predicted octanol–water partition coefficient (Wildman–Crippen LogP) is 1.48. The van der Waals surface area contributed by atoms with Gasteiger partial charge in [-0.25, -0.2) is 0 Å². The summed E-state index contributed by atoms with van der Waals surface area (Å²) in [5.74, 6) is 3.30. The number of fused-ring (bicyclic) bond motifs is 4. The van der Waals surface area contributed by atoms with Crippen LogP contribution in [0.25, 0.3) is 0 Å². The smallest absolute Gasteiger partial charge is 0.282 e. The first-order chi connectivity index (χ1) is 18.6. The predicted molar refractivity (Wildman–Crippen MR) is 141 cm³/mol. The Kier molecular flexibility index (Phi) is 6.83. The minimum atomic E-state index is -1.50. The number of nitrogens with zero attached hydrogens (tertiary/aromatic N) is 3. The van der Waals surface area contributed by atoms with Crippen molar-refractivity contribution in [3.8, 4) is 11.5 Å². The first kappa shape index (κ1) is 25.9. The minimum absolute atomic E-state index is 0. The molecule has 0 radical (unpaired) electrons. The van der Waals surface area contributed by atoms with E-state index < -0.39 is 5.60 Å². The van der Waals surface area contributed by atoms with Crippen molar-refractivity contribution < 1.29 is 36.0 Å². The maximum Gasteiger partial charge on any atom is 0.282 e. The van der Waals surface area contributed by atoms with Crippen LogP contribution in [0.5, 0.6) is 11.5 Å². The molecular formula is C31H32ClN3O4. The van der Waals surface area contributed by atoms with Crippen LogP contribution in [0, 0.1) is 5.92 Å². The van der Waals surface area contributed by atoms with Crippen LogP contribution in [-0.2, 0) is 18.6 Å². The molecule has 2 bridgehead atoms. The number of aromatic nitrogens is 2. The molecule has 0 aliphatic carbocycles. The van der Waals surface area contributed by atoms with Crippen LogP contribution < -0.4 is 21.9 Å². The number of hydrogen-bond acceptors (Lipinski definition) is 6. The summed E-state index contributed by atoms with van der Waals surface area (Å²) >= 11 is 0. The Balaban J connectivity index is 0.00000277. The molecule has 8 heteroatoms. The van der Waals surface area contributed by atoms with Gasteiger partial charge in [-0.1, -0.05) is 65.8 Å². The van der Waals surface area contributed by atoms with Crippen molar-refractivity contribution in [3.05, 3.63) is 107 Å². The summed E-state index contributed by atoms with van der Waals surface area (Å²) in [5.41, 5.74) is 1.15. The van der Waals surface area contributed by atoms with Crippen molar-refractivity contribution in [2.75, 3.05) is 26.2 Å². The van der Waals surface area contributed by atoms with Crippen molar-refractivity contribution in [1.29, 1.82) is 0 Å². The molecule has 0 spiro atoms. The van der Waals surface area contributed by atoms with Gasteiger partial charge in [-0.15, -0.1) is 0 Å². The first-order valence-electron chi connectivity index (χ1n) is 13.6. The van der Waals surface area contributed by atoms with Crippen LogP contribution in [0.4, 0.5) is 0 Å². The Hall–Kier alpha value is -3.39. The fraction of sp³-hybridized carbons (Fsp3) is 0.355. The Bertz CT molecular complexity index is 1380. The SMILES string of the molecule is OC(c1ccccc1)(c1ccccc1)c1noc(C[N+]23CCC(CC2)[C@@H](Oc2ccc4c(c2)CCO4)C3)n1.[Cl-]. The Labute approximate surface area is 234 Å². The Morgan fingerprint density at radius 2 is 1.64 bits per heavy atom. The number of benzene rings is 3. The van der Waals surface area contributed by atoms with Gasteiger partial charge in [-0.05, 0) is 29.3 Å². The summed E-state index contributed by atoms with van der Waals surface area (Å²) in [6, 6.07) is 25.3. The molecule has 0 saturated carbocycles. The zero-order valence-electron chi connectivity index (χ0n) is 21.7. The van der Waals surface area contributed by atoms with Gasteiger partial charge in [-0.2, -0.15) is 4.98 Å². The summed E-state index contributed by atoms with van der Waals surface area (Å²) in [6.07, 6.45) is 3.35. The van der Waals surface area contributed by atoms with Gasteiger partial charge in [0.25, 0.3) is 5.89 Å². The maximum absolute atomic E-state index is 12.0. The topological polar surface area (TPSA) is 77.6 Å². The number of halogens is 1. The number of rotatable bonds is 7. The molecule has 4 aromatic rings. The maximum atomic E-state index is 12.0. The van der Waals surface area contributed by atoms with Crippen LogP contribution >= 0.6 is 0 Å². The van der Waals surface area contributed by atoms with Gasteiger partial charge in [0.15, 0.2) is 18.2 Å². The molecule has 4 aliphatic rings. The average Bonchev–Trinajstić information content (AvgIpc) is 3.64. The zero-order chi connectivity index (χ0) is 25.6. The fourth-order valence-corrected chi connectivity index (χ4v) is 6.52. The van der Waals surface area contributed by atoms with E-state index in [1.807, 2.05) is 72.8 Å². The third kappa shape index (κ3) is 4.69. The van der Waals surface area contributed by atoms with Crippen molar-refractivity contribution in [2.45, 2.75) is 37.5 Å². The number of ether oxygens (including phenoxy) is 2. The van der Waals surface area contributed by atoms with Crippen molar-refractivity contribution in [2.24, 2.45) is 5.92 Å². The van der Waals surface area contributed by atoms with Gasteiger partial charge in [0.05, 0.1) is 19.7 Å². The normalized spacial score (nSPS) is 23.5. The van der Waals surface area contributed by atoms with E-state index in [0.29, 0.717) is 29.5 Å². The molecule has 3 aromatic carbocycles. The number of piperidine rings is 3. The third-order valence-corrected chi connectivity index (χ3v) is 8.64. The Morgan fingerprint density at radius 3 is 2.33 bits per heavy atom. The molecule has 39 heavy (non-hydrogen) atoms. The third-order valence-electron chi connectivity index (χ3n) is 8.64. The highest BCUT2D eigenvalue weighted by molar-refractivity contribution is 5.43. The minimum Gasteiger partial charge on any atom is -1.00 e. The van der Waals surface area contributed by atoms with Gasteiger partial charge in [0.2, 0.25) is 5.82 Å². The molecule has 3 fully saturated rings. The second-order valence-corrected chi connectivity index (χ2v) is 10.9. The lowest BCUT2D eigenvalue weighted by Crippen LogP contribution is -3.00. The molecule has 5 heterocycles. The summed E-state index contributed by atoms with van der Waals surface area (Å²) in [4.78, 5) is 4.79. The van der Waals surface area contributed by atoms with Crippen molar-refractivity contribution in [3.63, 3.8) is 0 Å². The van der Waals surface area contributed by atoms with Gasteiger partial charge < -0.3 is 36.0 Å². The van der Waals surface area contributed by atoms with Gasteiger partial charge in [-0.3, -0.25) is 0 Å². The lowest BCUT2D eigenvalue weighted by atomic mass is 9.83. The van der Waals surface area contributed by atoms with Crippen LogP contribution in [-0.4, -0.2) is 52.1 Å². The summed E-state index contributed by atoms with van der Waals surface area (Å²) in [7, 11) is 0. The highest BCUT2D eigenvalue weighted by Crippen LogP contribution is 2.39. The summed E-state index contributed by atoms with van der Waals surface area (Å²) in [5, 5.41) is 16.3. The number of aliphatic hydroxyl groups is 1. The lowest BCUT2D eigenvalue weighted by molar-refractivity contribution is -0.959. The molecule has 0 unspecified atom stereocenters.